The molecule has 100 valence electrons. The average molecular weight is 280 g/mol. The maximum absolute atomic E-state index is 13.2. The zero-order valence-corrected chi connectivity index (χ0v) is 11.3. The normalized spacial score (nSPS) is 12.2. The van der Waals surface area contributed by atoms with Crippen molar-refractivity contribution in [2.24, 2.45) is 5.73 Å². The van der Waals surface area contributed by atoms with Gasteiger partial charge in [0.15, 0.2) is 0 Å². The van der Waals surface area contributed by atoms with E-state index in [1.165, 1.54) is 12.1 Å². The van der Waals surface area contributed by atoms with E-state index in [4.69, 9.17) is 22.1 Å². The fourth-order valence-electron chi connectivity index (χ4n) is 1.81. The monoisotopic (exact) mass is 279 g/mol. The quantitative estimate of drug-likeness (QED) is 0.922. The minimum absolute atomic E-state index is 0.288. The first-order chi connectivity index (χ1) is 9.10. The van der Waals surface area contributed by atoms with Gasteiger partial charge >= 0.3 is 0 Å². The number of rotatable bonds is 4. The fourth-order valence-corrected chi connectivity index (χ4v) is 2.01. The maximum Gasteiger partial charge on any atom is 0.136 e. The molecule has 2 nitrogen and oxygen atoms in total. The largest absolute Gasteiger partial charge is 0.484 e. The van der Waals surface area contributed by atoms with E-state index in [-0.39, 0.29) is 18.5 Å². The summed E-state index contributed by atoms with van der Waals surface area (Å²) in [5, 5.41) is 0.621. The van der Waals surface area contributed by atoms with Crippen molar-refractivity contribution in [2.45, 2.75) is 13.0 Å². The minimum atomic E-state index is -0.348. The molecule has 2 N–H and O–H groups in total. The molecule has 0 saturated heterocycles. The summed E-state index contributed by atoms with van der Waals surface area (Å²) in [7, 11) is 0. The third-order valence-corrected chi connectivity index (χ3v) is 3.09. The summed E-state index contributed by atoms with van der Waals surface area (Å²) in [5.74, 6) is 0.165. The topological polar surface area (TPSA) is 35.2 Å². The van der Waals surface area contributed by atoms with Crippen molar-refractivity contribution in [2.75, 3.05) is 6.54 Å². The Hall–Kier alpha value is -1.58. The van der Waals surface area contributed by atoms with Crippen LogP contribution in [0.4, 0.5) is 4.39 Å². The fraction of sp³-hybridized carbons (Fsp3) is 0.200. The van der Waals surface area contributed by atoms with Gasteiger partial charge in [-0.1, -0.05) is 29.8 Å². The zero-order valence-electron chi connectivity index (χ0n) is 10.6. The van der Waals surface area contributed by atoms with E-state index in [1.807, 2.05) is 19.1 Å². The number of hydrogen-bond donors (Lipinski definition) is 1. The van der Waals surface area contributed by atoms with Crippen LogP contribution in [0.15, 0.2) is 42.5 Å². The van der Waals surface area contributed by atoms with Gasteiger partial charge in [0.2, 0.25) is 0 Å². The van der Waals surface area contributed by atoms with Crippen molar-refractivity contribution in [1.82, 2.24) is 0 Å². The highest BCUT2D eigenvalue weighted by molar-refractivity contribution is 6.30. The summed E-state index contributed by atoms with van der Waals surface area (Å²) in [6, 6.07) is 11.7. The number of nitrogens with two attached hydrogens (primary N) is 1. The van der Waals surface area contributed by atoms with Crippen LogP contribution in [0.25, 0.3) is 0 Å². The molecule has 1 atom stereocenters. The summed E-state index contributed by atoms with van der Waals surface area (Å²) >= 11 is 5.95. The standard InChI is InChI=1S/C15H15ClFNO/c1-10-5-6-13(17)8-14(10)19-15(9-18)11-3-2-4-12(16)7-11/h2-8,15H,9,18H2,1H3. The van der Waals surface area contributed by atoms with Crippen LogP contribution in [-0.2, 0) is 0 Å². The van der Waals surface area contributed by atoms with Gasteiger partial charge < -0.3 is 10.5 Å². The van der Waals surface area contributed by atoms with E-state index in [2.05, 4.69) is 0 Å². The number of halogens is 2. The van der Waals surface area contributed by atoms with Crippen molar-refractivity contribution in [3.63, 3.8) is 0 Å². The molecule has 0 saturated carbocycles. The Bertz CT molecular complexity index is 574. The molecule has 19 heavy (non-hydrogen) atoms. The third-order valence-electron chi connectivity index (χ3n) is 2.85. The zero-order chi connectivity index (χ0) is 13.8. The number of hydrogen-bond acceptors (Lipinski definition) is 2. The minimum Gasteiger partial charge on any atom is -0.484 e. The Kier molecular flexibility index (Phi) is 4.40. The second-order valence-corrected chi connectivity index (χ2v) is 4.74. The Morgan fingerprint density at radius 3 is 2.74 bits per heavy atom. The SMILES string of the molecule is Cc1ccc(F)cc1OC(CN)c1cccc(Cl)c1. The van der Waals surface area contributed by atoms with Crippen molar-refractivity contribution >= 4 is 11.6 Å². The molecule has 2 aromatic carbocycles. The second kappa shape index (κ2) is 6.04. The van der Waals surface area contributed by atoms with Crippen LogP contribution in [0.2, 0.25) is 5.02 Å². The Morgan fingerprint density at radius 1 is 1.26 bits per heavy atom. The molecular formula is C15H15ClFNO. The highest BCUT2D eigenvalue weighted by Crippen LogP contribution is 2.26. The first-order valence-electron chi connectivity index (χ1n) is 5.98. The molecule has 0 aliphatic rings. The highest BCUT2D eigenvalue weighted by atomic mass is 35.5. The van der Waals surface area contributed by atoms with Gasteiger partial charge in [-0.2, -0.15) is 0 Å². The van der Waals surface area contributed by atoms with Crippen LogP contribution in [0.1, 0.15) is 17.2 Å². The number of ether oxygens (including phenoxy) is 1. The molecule has 1 unspecified atom stereocenters. The van der Waals surface area contributed by atoms with Crippen LogP contribution in [0, 0.1) is 12.7 Å². The summed E-state index contributed by atoms with van der Waals surface area (Å²) in [4.78, 5) is 0. The Morgan fingerprint density at radius 2 is 2.05 bits per heavy atom. The van der Waals surface area contributed by atoms with E-state index in [0.29, 0.717) is 10.8 Å². The summed E-state index contributed by atoms with van der Waals surface area (Å²) in [6.45, 7) is 2.15. The maximum atomic E-state index is 13.2. The summed E-state index contributed by atoms with van der Waals surface area (Å²) in [6.07, 6.45) is -0.348. The highest BCUT2D eigenvalue weighted by Gasteiger charge is 2.13. The smallest absolute Gasteiger partial charge is 0.136 e. The molecule has 0 bridgehead atoms. The van der Waals surface area contributed by atoms with E-state index in [1.54, 1.807) is 18.2 Å². The van der Waals surface area contributed by atoms with Crippen molar-refractivity contribution in [3.05, 3.63) is 64.4 Å². The molecule has 2 rings (SSSR count). The van der Waals surface area contributed by atoms with Gasteiger partial charge in [-0.15, -0.1) is 0 Å². The predicted molar refractivity (Wildman–Crippen MR) is 75.0 cm³/mol. The lowest BCUT2D eigenvalue weighted by atomic mass is 10.1. The van der Waals surface area contributed by atoms with Gasteiger partial charge in [0.05, 0.1) is 0 Å². The molecule has 0 fully saturated rings. The predicted octanol–water partition coefficient (Wildman–Crippen LogP) is 3.87. The van der Waals surface area contributed by atoms with Crippen molar-refractivity contribution < 1.29 is 9.13 Å². The lowest BCUT2D eigenvalue weighted by Crippen LogP contribution is -2.18. The van der Waals surface area contributed by atoms with Crippen molar-refractivity contribution in [3.8, 4) is 5.75 Å². The van der Waals surface area contributed by atoms with Crippen LogP contribution < -0.4 is 10.5 Å². The Labute approximate surface area is 117 Å². The van der Waals surface area contributed by atoms with Crippen LogP contribution in [-0.4, -0.2) is 6.54 Å². The number of benzene rings is 2. The van der Waals surface area contributed by atoms with Gasteiger partial charge in [-0.3, -0.25) is 0 Å². The summed E-state index contributed by atoms with van der Waals surface area (Å²) < 4.78 is 19.0. The second-order valence-electron chi connectivity index (χ2n) is 4.31. The van der Waals surface area contributed by atoms with Crippen molar-refractivity contribution in [1.29, 1.82) is 0 Å². The van der Waals surface area contributed by atoms with Gasteiger partial charge in [-0.25, -0.2) is 4.39 Å². The molecule has 4 heteroatoms. The van der Waals surface area contributed by atoms with E-state index in [0.717, 1.165) is 11.1 Å². The average Bonchev–Trinajstić information content (AvgIpc) is 2.39. The molecule has 0 amide bonds. The molecular weight excluding hydrogens is 265 g/mol. The van der Waals surface area contributed by atoms with E-state index >= 15 is 0 Å². The van der Waals surface area contributed by atoms with Crippen LogP contribution in [0.5, 0.6) is 5.75 Å². The molecule has 0 radical (unpaired) electrons. The molecule has 0 aliphatic carbocycles. The first-order valence-corrected chi connectivity index (χ1v) is 6.36. The molecule has 0 spiro atoms. The van der Waals surface area contributed by atoms with Crippen LogP contribution >= 0.6 is 11.6 Å². The Balaban J connectivity index is 2.26. The number of aryl methyl sites for hydroxylation is 1. The van der Waals surface area contributed by atoms with E-state index in [9.17, 15) is 4.39 Å². The molecule has 0 heterocycles. The third kappa shape index (κ3) is 3.46. The first kappa shape index (κ1) is 13.8. The molecule has 0 aromatic heterocycles. The molecule has 2 aromatic rings. The molecule has 0 aliphatic heterocycles. The van der Waals surface area contributed by atoms with Gasteiger partial charge in [-0.05, 0) is 36.2 Å². The lowest BCUT2D eigenvalue weighted by Gasteiger charge is -2.19. The lowest BCUT2D eigenvalue weighted by molar-refractivity contribution is 0.212. The summed E-state index contributed by atoms with van der Waals surface area (Å²) in [5.41, 5.74) is 7.47. The van der Waals surface area contributed by atoms with Crippen LogP contribution in [0.3, 0.4) is 0 Å². The van der Waals surface area contributed by atoms with Gasteiger partial charge in [0.25, 0.3) is 0 Å². The van der Waals surface area contributed by atoms with Gasteiger partial charge in [0, 0.05) is 17.6 Å². The van der Waals surface area contributed by atoms with E-state index < -0.39 is 0 Å². The van der Waals surface area contributed by atoms with Gasteiger partial charge in [0.1, 0.15) is 17.7 Å².